The number of hydrogen-bond acceptors (Lipinski definition) is 5. The highest BCUT2D eigenvalue weighted by Crippen LogP contribution is 2.27. The number of rotatable bonds is 8. The molecule has 1 aromatic heterocycles. The smallest absolute Gasteiger partial charge is 0.268 e. The van der Waals surface area contributed by atoms with Gasteiger partial charge in [0.1, 0.15) is 11.5 Å². The third-order valence-electron chi connectivity index (χ3n) is 4.97. The van der Waals surface area contributed by atoms with E-state index in [2.05, 4.69) is 10.6 Å². The predicted octanol–water partition coefficient (Wildman–Crippen LogP) is 4.25. The van der Waals surface area contributed by atoms with Crippen LogP contribution < -0.4 is 20.1 Å². The fourth-order valence-corrected chi connectivity index (χ4v) is 3.27. The number of aryl methyl sites for hydroxylation is 1. The lowest BCUT2D eigenvalue weighted by molar-refractivity contribution is -0.118. The van der Waals surface area contributed by atoms with E-state index in [-0.39, 0.29) is 11.7 Å². The largest absolute Gasteiger partial charge is 0.493 e. The first-order valence-electron chi connectivity index (χ1n) is 10.1. The molecule has 2 N–H and O–H groups in total. The van der Waals surface area contributed by atoms with Crippen LogP contribution in [0.25, 0.3) is 6.08 Å². The van der Waals surface area contributed by atoms with Crippen LogP contribution in [-0.4, -0.2) is 26.0 Å². The van der Waals surface area contributed by atoms with Gasteiger partial charge in [-0.25, -0.2) is 0 Å². The van der Waals surface area contributed by atoms with Crippen molar-refractivity contribution in [3.8, 4) is 11.5 Å². The zero-order valence-corrected chi connectivity index (χ0v) is 18.5. The Balaban J connectivity index is 1.84. The molecule has 1 atom stereocenters. The predicted molar refractivity (Wildman–Crippen MR) is 121 cm³/mol. The minimum Gasteiger partial charge on any atom is -0.493 e. The number of ether oxygens (including phenoxy) is 2. The maximum atomic E-state index is 13.1. The molecule has 0 saturated carbocycles. The van der Waals surface area contributed by atoms with Crippen molar-refractivity contribution < 1.29 is 23.5 Å². The quantitative estimate of drug-likeness (QED) is 0.517. The number of amides is 2. The van der Waals surface area contributed by atoms with E-state index >= 15 is 0 Å². The second-order valence-corrected chi connectivity index (χ2v) is 7.15. The molecule has 166 valence electrons. The van der Waals surface area contributed by atoms with Crippen LogP contribution >= 0.6 is 0 Å². The van der Waals surface area contributed by atoms with Gasteiger partial charge >= 0.3 is 0 Å². The molecule has 0 aliphatic heterocycles. The molecule has 2 aromatic carbocycles. The Kier molecular flexibility index (Phi) is 7.33. The third kappa shape index (κ3) is 5.37. The molecule has 7 nitrogen and oxygen atoms in total. The van der Waals surface area contributed by atoms with E-state index in [0.29, 0.717) is 22.8 Å². The van der Waals surface area contributed by atoms with Crippen LogP contribution in [0.2, 0.25) is 0 Å². The molecule has 0 radical (unpaired) electrons. The molecular weight excluding hydrogens is 408 g/mol. The first kappa shape index (κ1) is 22.7. The van der Waals surface area contributed by atoms with Crippen molar-refractivity contribution in [1.29, 1.82) is 0 Å². The first-order valence-corrected chi connectivity index (χ1v) is 10.1. The van der Waals surface area contributed by atoms with E-state index in [4.69, 9.17) is 13.9 Å². The fraction of sp³-hybridized carbons (Fsp3) is 0.200. The van der Waals surface area contributed by atoms with Crippen molar-refractivity contribution in [2.24, 2.45) is 0 Å². The molecule has 7 heteroatoms. The van der Waals surface area contributed by atoms with E-state index in [1.165, 1.54) is 26.6 Å². The molecule has 0 bridgehead atoms. The molecule has 2 amide bonds. The van der Waals surface area contributed by atoms with Gasteiger partial charge in [-0.2, -0.15) is 0 Å². The summed E-state index contributed by atoms with van der Waals surface area (Å²) < 4.78 is 15.8. The second-order valence-electron chi connectivity index (χ2n) is 7.15. The van der Waals surface area contributed by atoms with Gasteiger partial charge in [0.2, 0.25) is 0 Å². The van der Waals surface area contributed by atoms with Gasteiger partial charge in [0.15, 0.2) is 11.5 Å². The molecule has 0 saturated heterocycles. The van der Waals surface area contributed by atoms with Crippen LogP contribution in [0.5, 0.6) is 11.5 Å². The lowest BCUT2D eigenvalue weighted by Crippen LogP contribution is -2.36. The molecule has 3 aromatic rings. The SMILES string of the molecule is COc1ccc(C(=O)N/C(=C\c2ccco2)C(=O)N[C@H](C)c2ccccc2C)cc1OC. The van der Waals surface area contributed by atoms with Gasteiger partial charge in [0.25, 0.3) is 11.8 Å². The zero-order valence-electron chi connectivity index (χ0n) is 18.5. The van der Waals surface area contributed by atoms with Crippen molar-refractivity contribution >= 4 is 17.9 Å². The molecule has 0 fully saturated rings. The minimum atomic E-state index is -0.470. The Morgan fingerprint density at radius 2 is 1.75 bits per heavy atom. The molecule has 1 heterocycles. The van der Waals surface area contributed by atoms with E-state index in [0.717, 1.165) is 11.1 Å². The van der Waals surface area contributed by atoms with E-state index in [9.17, 15) is 9.59 Å². The van der Waals surface area contributed by atoms with Gasteiger partial charge in [0, 0.05) is 11.6 Å². The Hall–Kier alpha value is -4.00. The Morgan fingerprint density at radius 3 is 2.41 bits per heavy atom. The molecule has 0 aliphatic carbocycles. The standard InChI is InChI=1S/C25H26N2O5/c1-16-8-5-6-10-20(16)17(2)26-25(29)21(15-19-9-7-13-32-19)27-24(28)18-11-12-22(30-3)23(14-18)31-4/h5-15,17H,1-4H3,(H,26,29)(H,27,28)/b21-15-/t17-/m1/s1. The number of methoxy groups -OCH3 is 2. The number of furan rings is 1. The lowest BCUT2D eigenvalue weighted by atomic mass is 10.0. The summed E-state index contributed by atoms with van der Waals surface area (Å²) in [7, 11) is 3.00. The Labute approximate surface area is 187 Å². The number of benzene rings is 2. The van der Waals surface area contributed by atoms with Crippen LogP contribution in [0.1, 0.15) is 40.2 Å². The highest BCUT2D eigenvalue weighted by atomic mass is 16.5. The summed E-state index contributed by atoms with van der Waals surface area (Å²) in [5, 5.41) is 5.62. The molecule has 0 spiro atoms. The highest BCUT2D eigenvalue weighted by Gasteiger charge is 2.19. The third-order valence-corrected chi connectivity index (χ3v) is 4.97. The number of carbonyl (C=O) groups is 2. The normalized spacial score (nSPS) is 12.1. The van der Waals surface area contributed by atoms with Gasteiger partial charge in [-0.05, 0) is 55.3 Å². The lowest BCUT2D eigenvalue weighted by Gasteiger charge is -2.18. The Bertz CT molecular complexity index is 1120. The summed E-state index contributed by atoms with van der Waals surface area (Å²) in [6, 6.07) is 15.7. The van der Waals surface area contributed by atoms with Gasteiger partial charge in [-0.3, -0.25) is 9.59 Å². The zero-order chi connectivity index (χ0) is 23.1. The van der Waals surface area contributed by atoms with Crippen molar-refractivity contribution in [1.82, 2.24) is 10.6 Å². The maximum Gasteiger partial charge on any atom is 0.268 e. The molecule has 0 aliphatic rings. The summed E-state index contributed by atoms with van der Waals surface area (Å²) in [6.45, 7) is 3.87. The van der Waals surface area contributed by atoms with Crippen molar-refractivity contribution in [2.75, 3.05) is 14.2 Å². The van der Waals surface area contributed by atoms with E-state index < -0.39 is 11.8 Å². The average molecular weight is 434 g/mol. The number of nitrogens with one attached hydrogen (secondary N) is 2. The van der Waals surface area contributed by atoms with Gasteiger partial charge in [-0.15, -0.1) is 0 Å². The van der Waals surface area contributed by atoms with E-state index in [1.54, 1.807) is 30.3 Å². The number of carbonyl (C=O) groups excluding carboxylic acids is 2. The number of hydrogen-bond donors (Lipinski definition) is 2. The molecule has 32 heavy (non-hydrogen) atoms. The molecule has 0 unspecified atom stereocenters. The van der Waals surface area contributed by atoms with Gasteiger partial charge in [-0.1, -0.05) is 24.3 Å². The second kappa shape index (κ2) is 10.3. The molecule has 3 rings (SSSR count). The van der Waals surface area contributed by atoms with Crippen LogP contribution in [0.4, 0.5) is 0 Å². The van der Waals surface area contributed by atoms with Crippen LogP contribution in [0.15, 0.2) is 71.0 Å². The summed E-state index contributed by atoms with van der Waals surface area (Å²) >= 11 is 0. The summed E-state index contributed by atoms with van der Waals surface area (Å²) in [4.78, 5) is 26.0. The Morgan fingerprint density at radius 1 is 1.00 bits per heavy atom. The maximum absolute atomic E-state index is 13.1. The van der Waals surface area contributed by atoms with E-state index in [1.807, 2.05) is 38.1 Å². The summed E-state index contributed by atoms with van der Waals surface area (Å²) in [6.07, 6.45) is 2.98. The summed E-state index contributed by atoms with van der Waals surface area (Å²) in [5.74, 6) is 0.439. The fourth-order valence-electron chi connectivity index (χ4n) is 3.27. The monoisotopic (exact) mass is 434 g/mol. The van der Waals surface area contributed by atoms with Crippen molar-refractivity contribution in [3.63, 3.8) is 0 Å². The van der Waals surface area contributed by atoms with Gasteiger partial charge in [0.05, 0.1) is 26.5 Å². The summed E-state index contributed by atoms with van der Waals surface area (Å²) in [5.41, 5.74) is 2.42. The topological polar surface area (TPSA) is 89.8 Å². The first-order chi connectivity index (χ1) is 15.4. The van der Waals surface area contributed by atoms with Crippen molar-refractivity contribution in [2.45, 2.75) is 19.9 Å². The van der Waals surface area contributed by atoms with Crippen LogP contribution in [0, 0.1) is 6.92 Å². The highest BCUT2D eigenvalue weighted by molar-refractivity contribution is 6.05. The molecular formula is C25H26N2O5. The minimum absolute atomic E-state index is 0.0557. The van der Waals surface area contributed by atoms with Gasteiger partial charge < -0.3 is 24.5 Å². The van der Waals surface area contributed by atoms with Crippen LogP contribution in [0.3, 0.4) is 0 Å². The average Bonchev–Trinajstić information content (AvgIpc) is 3.31. The van der Waals surface area contributed by atoms with Crippen molar-refractivity contribution in [3.05, 3.63) is 89.0 Å². The van der Waals surface area contributed by atoms with Crippen LogP contribution in [-0.2, 0) is 4.79 Å².